The van der Waals surface area contributed by atoms with Crippen LogP contribution >= 0.6 is 11.8 Å². The van der Waals surface area contributed by atoms with Crippen molar-refractivity contribution >= 4 is 29.0 Å². The van der Waals surface area contributed by atoms with E-state index in [0.717, 1.165) is 31.0 Å². The Morgan fingerprint density at radius 3 is 2.61 bits per heavy atom. The summed E-state index contributed by atoms with van der Waals surface area (Å²) in [5.74, 6) is 0.900. The van der Waals surface area contributed by atoms with E-state index in [1.807, 2.05) is 12.1 Å². The summed E-state index contributed by atoms with van der Waals surface area (Å²) >= 11 is 0.969. The monoisotopic (exact) mass is 335 g/mol. The topological polar surface area (TPSA) is 55.8 Å². The first kappa shape index (κ1) is 17.4. The number of carbonyl (C=O) groups excluding carboxylic acids is 2. The molecular formula is C17H21NO4S. The molecule has 1 aliphatic rings. The Morgan fingerprint density at radius 2 is 1.96 bits per heavy atom. The molecule has 2 amide bonds. The van der Waals surface area contributed by atoms with E-state index >= 15 is 0 Å². The Bertz CT molecular complexity index is 627. The molecule has 0 unspecified atom stereocenters. The summed E-state index contributed by atoms with van der Waals surface area (Å²) in [6, 6.07) is 5.43. The molecule has 1 aromatic rings. The second kappa shape index (κ2) is 8.06. The average Bonchev–Trinajstić information content (AvgIpc) is 2.82. The summed E-state index contributed by atoms with van der Waals surface area (Å²) in [5, 5.41) is -0.209. The Balaban J connectivity index is 2.24. The molecule has 2 rings (SSSR count). The number of ether oxygens (including phenoxy) is 2. The minimum atomic E-state index is -0.235. The van der Waals surface area contributed by atoms with E-state index in [1.54, 1.807) is 26.4 Å². The van der Waals surface area contributed by atoms with Crippen molar-refractivity contribution < 1.29 is 19.1 Å². The summed E-state index contributed by atoms with van der Waals surface area (Å²) in [7, 11) is 3.11. The minimum absolute atomic E-state index is 0.209. The molecule has 1 heterocycles. The number of nitrogens with zero attached hydrogens (tertiary/aromatic N) is 1. The first-order valence-electron chi connectivity index (χ1n) is 7.58. The van der Waals surface area contributed by atoms with Gasteiger partial charge in [-0.05, 0) is 30.3 Å². The third-order valence-corrected chi connectivity index (χ3v) is 4.49. The number of amides is 2. The lowest BCUT2D eigenvalue weighted by molar-refractivity contribution is -0.122. The molecule has 0 aliphatic carbocycles. The van der Waals surface area contributed by atoms with Crippen LogP contribution in [0.15, 0.2) is 23.1 Å². The Labute approximate surface area is 140 Å². The fourth-order valence-electron chi connectivity index (χ4n) is 2.38. The molecule has 0 bridgehead atoms. The van der Waals surface area contributed by atoms with Crippen molar-refractivity contribution in [3.8, 4) is 11.5 Å². The van der Waals surface area contributed by atoms with Crippen molar-refractivity contribution in [2.45, 2.75) is 26.2 Å². The number of benzene rings is 1. The van der Waals surface area contributed by atoms with Crippen LogP contribution in [0.1, 0.15) is 31.7 Å². The number of imide groups is 1. The van der Waals surface area contributed by atoms with Crippen molar-refractivity contribution in [3.05, 3.63) is 28.7 Å². The van der Waals surface area contributed by atoms with Crippen molar-refractivity contribution in [3.63, 3.8) is 0 Å². The van der Waals surface area contributed by atoms with Gasteiger partial charge < -0.3 is 9.47 Å². The molecule has 0 atom stereocenters. The highest BCUT2D eigenvalue weighted by atomic mass is 32.2. The molecule has 0 N–H and O–H groups in total. The Hall–Kier alpha value is -1.95. The van der Waals surface area contributed by atoms with Crippen LogP contribution in [0.4, 0.5) is 4.79 Å². The van der Waals surface area contributed by atoms with Gasteiger partial charge in [0.1, 0.15) is 0 Å². The van der Waals surface area contributed by atoms with Gasteiger partial charge in [0.15, 0.2) is 11.5 Å². The van der Waals surface area contributed by atoms with Crippen LogP contribution in [0, 0.1) is 0 Å². The predicted octanol–water partition coefficient (Wildman–Crippen LogP) is 3.93. The molecule has 0 aromatic heterocycles. The van der Waals surface area contributed by atoms with Crippen LogP contribution in [0.5, 0.6) is 11.5 Å². The smallest absolute Gasteiger partial charge is 0.293 e. The summed E-state index contributed by atoms with van der Waals surface area (Å²) < 4.78 is 10.6. The van der Waals surface area contributed by atoms with E-state index < -0.39 is 0 Å². The van der Waals surface area contributed by atoms with Gasteiger partial charge in [-0.3, -0.25) is 14.5 Å². The number of rotatable bonds is 7. The highest BCUT2D eigenvalue weighted by Crippen LogP contribution is 2.37. The molecule has 1 aliphatic heterocycles. The lowest BCUT2D eigenvalue weighted by Gasteiger charge is -2.12. The summed E-state index contributed by atoms with van der Waals surface area (Å²) in [5.41, 5.74) is 0.714. The van der Waals surface area contributed by atoms with Crippen molar-refractivity contribution in [2.24, 2.45) is 0 Å². The van der Waals surface area contributed by atoms with Gasteiger partial charge in [0.05, 0.1) is 19.1 Å². The average molecular weight is 335 g/mol. The van der Waals surface area contributed by atoms with Gasteiger partial charge >= 0.3 is 0 Å². The fraction of sp³-hybridized carbons (Fsp3) is 0.412. The van der Waals surface area contributed by atoms with E-state index in [-0.39, 0.29) is 11.1 Å². The van der Waals surface area contributed by atoms with E-state index in [0.29, 0.717) is 28.5 Å². The largest absolute Gasteiger partial charge is 0.493 e. The summed E-state index contributed by atoms with van der Waals surface area (Å²) in [6.07, 6.45) is 4.58. The highest BCUT2D eigenvalue weighted by molar-refractivity contribution is 8.18. The molecule has 5 nitrogen and oxygen atoms in total. The van der Waals surface area contributed by atoms with Gasteiger partial charge in [0.2, 0.25) is 0 Å². The molecule has 0 radical (unpaired) electrons. The normalized spacial score (nSPS) is 16.3. The van der Waals surface area contributed by atoms with E-state index in [4.69, 9.17) is 9.47 Å². The fourth-order valence-corrected chi connectivity index (χ4v) is 3.24. The third-order valence-electron chi connectivity index (χ3n) is 3.58. The third kappa shape index (κ3) is 3.88. The zero-order valence-electron chi connectivity index (χ0n) is 13.6. The van der Waals surface area contributed by atoms with Crippen LogP contribution in [0.25, 0.3) is 6.08 Å². The highest BCUT2D eigenvalue weighted by Gasteiger charge is 2.34. The zero-order valence-corrected chi connectivity index (χ0v) is 14.4. The van der Waals surface area contributed by atoms with Gasteiger partial charge in [-0.2, -0.15) is 0 Å². The lowest BCUT2D eigenvalue weighted by Crippen LogP contribution is -2.29. The van der Waals surface area contributed by atoms with Crippen molar-refractivity contribution in [1.29, 1.82) is 0 Å². The van der Waals surface area contributed by atoms with Crippen molar-refractivity contribution in [2.75, 3.05) is 20.8 Å². The van der Waals surface area contributed by atoms with Gasteiger partial charge in [-0.1, -0.05) is 31.9 Å². The Kier molecular flexibility index (Phi) is 6.10. The van der Waals surface area contributed by atoms with Crippen LogP contribution in [-0.4, -0.2) is 36.8 Å². The number of hydrogen-bond acceptors (Lipinski definition) is 5. The molecule has 1 saturated heterocycles. The predicted molar refractivity (Wildman–Crippen MR) is 91.7 cm³/mol. The second-order valence-corrected chi connectivity index (χ2v) is 6.12. The first-order valence-corrected chi connectivity index (χ1v) is 8.40. The molecule has 0 spiro atoms. The number of methoxy groups -OCH3 is 2. The molecule has 23 heavy (non-hydrogen) atoms. The molecule has 124 valence electrons. The quantitative estimate of drug-likeness (QED) is 0.558. The van der Waals surface area contributed by atoms with Crippen LogP contribution < -0.4 is 9.47 Å². The van der Waals surface area contributed by atoms with Crippen LogP contribution in [0.3, 0.4) is 0 Å². The number of unbranched alkanes of at least 4 members (excludes halogenated alkanes) is 2. The summed E-state index contributed by atoms with van der Waals surface area (Å²) in [6.45, 7) is 2.56. The number of para-hydroxylation sites is 1. The molecular weight excluding hydrogens is 314 g/mol. The van der Waals surface area contributed by atoms with E-state index in [2.05, 4.69) is 6.92 Å². The minimum Gasteiger partial charge on any atom is -0.493 e. The van der Waals surface area contributed by atoms with Gasteiger partial charge in [0.25, 0.3) is 11.1 Å². The van der Waals surface area contributed by atoms with E-state index in [1.165, 1.54) is 4.90 Å². The maximum atomic E-state index is 12.4. The number of carbonyl (C=O) groups is 2. The SMILES string of the molecule is CCCCCN1C(=O)S/C(=C\c2cccc(OC)c2OC)C1=O. The second-order valence-electron chi connectivity index (χ2n) is 5.12. The van der Waals surface area contributed by atoms with Crippen LogP contribution in [-0.2, 0) is 4.79 Å². The summed E-state index contributed by atoms with van der Waals surface area (Å²) in [4.78, 5) is 26.2. The molecule has 6 heteroatoms. The lowest BCUT2D eigenvalue weighted by atomic mass is 10.1. The standard InChI is InChI=1S/C17H21NO4S/c1-4-5-6-10-18-16(19)14(23-17(18)20)11-12-8-7-9-13(21-2)15(12)22-3/h7-9,11H,4-6,10H2,1-3H3/b14-11-. The van der Waals surface area contributed by atoms with Crippen molar-refractivity contribution in [1.82, 2.24) is 4.90 Å². The number of thioether (sulfide) groups is 1. The Morgan fingerprint density at radius 1 is 1.17 bits per heavy atom. The molecule has 0 saturated carbocycles. The maximum absolute atomic E-state index is 12.4. The number of hydrogen-bond donors (Lipinski definition) is 0. The van der Waals surface area contributed by atoms with Gasteiger partial charge in [0, 0.05) is 12.1 Å². The van der Waals surface area contributed by atoms with Gasteiger partial charge in [-0.15, -0.1) is 0 Å². The van der Waals surface area contributed by atoms with Gasteiger partial charge in [-0.25, -0.2) is 0 Å². The maximum Gasteiger partial charge on any atom is 0.293 e. The van der Waals surface area contributed by atoms with Crippen LogP contribution in [0.2, 0.25) is 0 Å². The molecule has 1 aromatic carbocycles. The zero-order chi connectivity index (χ0) is 16.8. The first-order chi connectivity index (χ1) is 11.1. The molecule has 1 fully saturated rings. The van der Waals surface area contributed by atoms with E-state index in [9.17, 15) is 9.59 Å².